The minimum absolute atomic E-state index is 0.132. The number of rotatable bonds is 0. The van der Waals surface area contributed by atoms with Gasteiger partial charge in [-0.1, -0.05) is 18.2 Å². The van der Waals surface area contributed by atoms with Crippen molar-refractivity contribution in [3.05, 3.63) is 41.7 Å². The molecule has 0 saturated carbocycles. The smallest absolute Gasteiger partial charge is 0.130 e. The van der Waals surface area contributed by atoms with E-state index in [1.807, 2.05) is 6.07 Å². The molecule has 0 aromatic heterocycles. The molecule has 0 spiro atoms. The highest BCUT2D eigenvalue weighted by Gasteiger charge is 2.41. The Hall–Kier alpha value is -1.64. The molecular formula is C13H11FN2. The molecule has 0 N–H and O–H groups in total. The summed E-state index contributed by atoms with van der Waals surface area (Å²) < 4.78 is 13.7. The van der Waals surface area contributed by atoms with Crippen LogP contribution >= 0.6 is 0 Å². The van der Waals surface area contributed by atoms with E-state index in [2.05, 4.69) is 22.0 Å². The molecule has 2 aliphatic heterocycles. The molecule has 0 amide bonds. The number of benzene rings is 1. The van der Waals surface area contributed by atoms with Gasteiger partial charge in [0.25, 0.3) is 0 Å². The summed E-state index contributed by atoms with van der Waals surface area (Å²) in [5, 5.41) is 0. The molecule has 1 saturated heterocycles. The fourth-order valence-corrected chi connectivity index (χ4v) is 2.93. The van der Waals surface area contributed by atoms with Gasteiger partial charge in [-0.05, 0) is 18.6 Å². The zero-order valence-corrected chi connectivity index (χ0v) is 8.73. The Labute approximate surface area is 93.1 Å². The first kappa shape index (κ1) is 8.50. The molecule has 2 heterocycles. The SMILES string of the molecule is Fc1cccc2c1CN1C(=N2)C2C=CC1C2. The lowest BCUT2D eigenvalue weighted by molar-refractivity contribution is 0.370. The molecule has 3 heteroatoms. The lowest BCUT2D eigenvalue weighted by Crippen LogP contribution is -2.36. The van der Waals surface area contributed by atoms with Gasteiger partial charge >= 0.3 is 0 Å². The summed E-state index contributed by atoms with van der Waals surface area (Å²) in [6, 6.07) is 5.59. The first-order valence-electron chi connectivity index (χ1n) is 5.64. The number of halogens is 1. The maximum atomic E-state index is 13.7. The normalized spacial score (nSPS) is 29.1. The summed E-state index contributed by atoms with van der Waals surface area (Å²) in [5.41, 5.74) is 1.56. The highest BCUT2D eigenvalue weighted by Crippen LogP contribution is 2.40. The second-order valence-corrected chi connectivity index (χ2v) is 4.63. The fourth-order valence-electron chi connectivity index (χ4n) is 2.93. The van der Waals surface area contributed by atoms with Gasteiger partial charge in [0.15, 0.2) is 0 Å². The van der Waals surface area contributed by atoms with Gasteiger partial charge in [0.1, 0.15) is 11.7 Å². The van der Waals surface area contributed by atoms with Crippen molar-refractivity contribution in [3.63, 3.8) is 0 Å². The largest absolute Gasteiger partial charge is 0.349 e. The van der Waals surface area contributed by atoms with Crippen LogP contribution in [0.4, 0.5) is 10.1 Å². The van der Waals surface area contributed by atoms with E-state index in [9.17, 15) is 4.39 Å². The van der Waals surface area contributed by atoms with Gasteiger partial charge in [-0.2, -0.15) is 0 Å². The van der Waals surface area contributed by atoms with Gasteiger partial charge in [0.05, 0.1) is 5.69 Å². The summed E-state index contributed by atoms with van der Waals surface area (Å²) >= 11 is 0. The second kappa shape index (κ2) is 2.73. The molecule has 2 nitrogen and oxygen atoms in total. The first-order chi connectivity index (χ1) is 7.83. The van der Waals surface area contributed by atoms with Crippen LogP contribution < -0.4 is 0 Å². The van der Waals surface area contributed by atoms with Crippen LogP contribution in [0, 0.1) is 11.7 Å². The molecule has 2 unspecified atom stereocenters. The number of fused-ring (bicyclic) bond motifs is 6. The van der Waals surface area contributed by atoms with Crippen molar-refractivity contribution in [2.75, 3.05) is 0 Å². The topological polar surface area (TPSA) is 15.6 Å². The summed E-state index contributed by atoms with van der Waals surface area (Å²) in [4.78, 5) is 6.83. The molecule has 1 aromatic rings. The second-order valence-electron chi connectivity index (χ2n) is 4.63. The van der Waals surface area contributed by atoms with Gasteiger partial charge < -0.3 is 4.90 Å². The third-order valence-electron chi connectivity index (χ3n) is 3.74. The maximum absolute atomic E-state index is 13.7. The molecule has 1 aliphatic carbocycles. The number of hydrogen-bond acceptors (Lipinski definition) is 2. The molecule has 2 atom stereocenters. The van der Waals surface area contributed by atoms with Crippen LogP contribution in [0.5, 0.6) is 0 Å². The molecule has 3 aliphatic rings. The average Bonchev–Trinajstić information content (AvgIpc) is 2.88. The molecule has 0 radical (unpaired) electrons. The fraction of sp³-hybridized carbons (Fsp3) is 0.308. The van der Waals surface area contributed by atoms with Crippen molar-refractivity contribution < 1.29 is 4.39 Å². The molecule has 2 bridgehead atoms. The van der Waals surface area contributed by atoms with Crippen molar-refractivity contribution in [2.45, 2.75) is 19.0 Å². The van der Waals surface area contributed by atoms with Crippen LogP contribution in [0.3, 0.4) is 0 Å². The Morgan fingerprint density at radius 2 is 2.25 bits per heavy atom. The zero-order valence-electron chi connectivity index (χ0n) is 8.73. The highest BCUT2D eigenvalue weighted by atomic mass is 19.1. The molecule has 80 valence electrons. The van der Waals surface area contributed by atoms with Gasteiger partial charge in [-0.25, -0.2) is 9.38 Å². The zero-order chi connectivity index (χ0) is 10.7. The van der Waals surface area contributed by atoms with Crippen molar-refractivity contribution in [3.8, 4) is 0 Å². The summed E-state index contributed by atoms with van der Waals surface area (Å²) in [5.74, 6) is 1.46. The van der Waals surface area contributed by atoms with E-state index >= 15 is 0 Å². The van der Waals surface area contributed by atoms with Crippen molar-refractivity contribution in [2.24, 2.45) is 10.9 Å². The monoisotopic (exact) mass is 214 g/mol. The van der Waals surface area contributed by atoms with Crippen molar-refractivity contribution in [1.29, 1.82) is 0 Å². The third kappa shape index (κ3) is 0.932. The van der Waals surface area contributed by atoms with Crippen LogP contribution in [0.15, 0.2) is 35.3 Å². The quantitative estimate of drug-likeness (QED) is 0.606. The molecule has 4 rings (SSSR count). The highest BCUT2D eigenvalue weighted by molar-refractivity contribution is 5.93. The van der Waals surface area contributed by atoms with Gasteiger partial charge in [0.2, 0.25) is 0 Å². The van der Waals surface area contributed by atoms with E-state index < -0.39 is 0 Å². The lowest BCUT2D eigenvalue weighted by Gasteiger charge is -2.31. The predicted octanol–water partition coefficient (Wildman–Crippen LogP) is 2.63. The standard InChI is InChI=1S/C13H11FN2/c14-11-2-1-3-12-10(11)7-16-9-5-4-8(6-9)13(16)15-12/h1-5,8-9H,6-7H2. The van der Waals surface area contributed by atoms with E-state index in [1.165, 1.54) is 6.07 Å². The van der Waals surface area contributed by atoms with Crippen molar-refractivity contribution >= 4 is 11.5 Å². The molecule has 1 fully saturated rings. The Morgan fingerprint density at radius 3 is 3.19 bits per heavy atom. The lowest BCUT2D eigenvalue weighted by atomic mass is 10.1. The summed E-state index contributed by atoms with van der Waals surface area (Å²) in [7, 11) is 0. The van der Waals surface area contributed by atoms with Crippen LogP contribution in [-0.4, -0.2) is 16.8 Å². The Bertz CT molecular complexity index is 533. The maximum Gasteiger partial charge on any atom is 0.130 e. The minimum Gasteiger partial charge on any atom is -0.349 e. The summed E-state index contributed by atoms with van der Waals surface area (Å²) in [6.45, 7) is 0.673. The van der Waals surface area contributed by atoms with Crippen LogP contribution in [-0.2, 0) is 6.54 Å². The van der Waals surface area contributed by atoms with Crippen LogP contribution in [0.2, 0.25) is 0 Å². The van der Waals surface area contributed by atoms with Gasteiger partial charge in [-0.15, -0.1) is 0 Å². The van der Waals surface area contributed by atoms with E-state index in [0.29, 0.717) is 18.5 Å². The van der Waals surface area contributed by atoms with E-state index in [4.69, 9.17) is 0 Å². The van der Waals surface area contributed by atoms with Crippen LogP contribution in [0.1, 0.15) is 12.0 Å². The number of hydrogen-bond donors (Lipinski definition) is 0. The Morgan fingerprint density at radius 1 is 1.31 bits per heavy atom. The average molecular weight is 214 g/mol. The predicted molar refractivity (Wildman–Crippen MR) is 60.1 cm³/mol. The number of nitrogens with zero attached hydrogens (tertiary/aromatic N) is 2. The third-order valence-corrected chi connectivity index (χ3v) is 3.74. The Balaban J connectivity index is 1.90. The van der Waals surface area contributed by atoms with Gasteiger partial charge in [0, 0.05) is 24.1 Å². The number of amidine groups is 1. The minimum atomic E-state index is -0.132. The van der Waals surface area contributed by atoms with Crippen LogP contribution in [0.25, 0.3) is 0 Å². The number of aliphatic imine (C=N–C) groups is 1. The Kier molecular flexibility index (Phi) is 1.45. The molecule has 16 heavy (non-hydrogen) atoms. The summed E-state index contributed by atoms with van der Waals surface area (Å²) in [6.07, 6.45) is 5.56. The van der Waals surface area contributed by atoms with E-state index in [-0.39, 0.29) is 5.82 Å². The molecule has 1 aromatic carbocycles. The molecular weight excluding hydrogens is 203 g/mol. The van der Waals surface area contributed by atoms with E-state index in [0.717, 1.165) is 23.5 Å². The van der Waals surface area contributed by atoms with E-state index in [1.54, 1.807) is 6.07 Å². The first-order valence-corrected chi connectivity index (χ1v) is 5.64. The van der Waals surface area contributed by atoms with Gasteiger partial charge in [-0.3, -0.25) is 0 Å². The van der Waals surface area contributed by atoms with Crippen molar-refractivity contribution in [1.82, 2.24) is 4.90 Å².